The van der Waals surface area contributed by atoms with Crippen molar-refractivity contribution in [1.82, 2.24) is 0 Å². The van der Waals surface area contributed by atoms with Crippen molar-refractivity contribution >= 4 is 21.6 Å². The van der Waals surface area contributed by atoms with Crippen LogP contribution in [0.25, 0.3) is 0 Å². The van der Waals surface area contributed by atoms with Crippen LogP contribution in [0.4, 0.5) is 4.39 Å². The molecule has 0 N–H and O–H groups in total. The molecular formula is C21H13FO5S. The van der Waals surface area contributed by atoms with Crippen molar-refractivity contribution in [3.63, 3.8) is 0 Å². The fourth-order valence-corrected chi connectivity index (χ4v) is 4.73. The largest absolute Gasteiger partial charge is 0.457 e. The zero-order valence-electron chi connectivity index (χ0n) is 14.4. The highest BCUT2D eigenvalue weighted by atomic mass is 32.2. The van der Waals surface area contributed by atoms with E-state index < -0.39 is 27.4 Å². The smallest absolute Gasteiger partial charge is 0.338 e. The Balaban J connectivity index is 1.67. The van der Waals surface area contributed by atoms with Gasteiger partial charge in [-0.05, 0) is 36.4 Å². The van der Waals surface area contributed by atoms with Crippen LogP contribution in [0, 0.1) is 5.82 Å². The first-order chi connectivity index (χ1) is 13.4. The number of ketones is 1. The molecule has 0 bridgehead atoms. The molecule has 0 radical (unpaired) electrons. The molecule has 1 heterocycles. The van der Waals surface area contributed by atoms with Crippen LogP contribution in [-0.4, -0.2) is 20.2 Å². The number of hydrogen-bond acceptors (Lipinski definition) is 5. The Kier molecular flexibility index (Phi) is 4.31. The van der Waals surface area contributed by atoms with Gasteiger partial charge in [-0.25, -0.2) is 17.6 Å². The molecule has 3 aromatic carbocycles. The second-order valence-electron chi connectivity index (χ2n) is 6.21. The molecule has 0 amide bonds. The average Bonchev–Trinajstić information content (AvgIpc) is 2.71. The number of rotatable bonds is 3. The highest BCUT2D eigenvalue weighted by Gasteiger charge is 2.35. The van der Waals surface area contributed by atoms with Crippen molar-refractivity contribution in [2.24, 2.45) is 0 Å². The first-order valence-electron chi connectivity index (χ1n) is 8.33. The lowest BCUT2D eigenvalue weighted by atomic mass is 10.0. The maximum Gasteiger partial charge on any atom is 0.338 e. The molecule has 3 aromatic rings. The van der Waals surface area contributed by atoms with E-state index >= 15 is 0 Å². The van der Waals surface area contributed by atoms with E-state index in [1.54, 1.807) is 12.1 Å². The highest BCUT2D eigenvalue weighted by Crippen LogP contribution is 2.34. The van der Waals surface area contributed by atoms with Crippen molar-refractivity contribution in [2.45, 2.75) is 16.4 Å². The first-order valence-corrected chi connectivity index (χ1v) is 9.81. The van der Waals surface area contributed by atoms with Gasteiger partial charge in [0.05, 0.1) is 15.4 Å². The minimum atomic E-state index is -3.95. The molecule has 0 spiro atoms. The van der Waals surface area contributed by atoms with Crippen LogP contribution >= 0.6 is 0 Å². The molecule has 140 valence electrons. The predicted molar refractivity (Wildman–Crippen MR) is 97.3 cm³/mol. The summed E-state index contributed by atoms with van der Waals surface area (Å²) in [5, 5.41) is 0. The van der Waals surface area contributed by atoms with Gasteiger partial charge in [0.1, 0.15) is 12.4 Å². The minimum Gasteiger partial charge on any atom is -0.457 e. The van der Waals surface area contributed by atoms with E-state index in [0.717, 1.165) is 6.07 Å². The summed E-state index contributed by atoms with van der Waals surface area (Å²) < 4.78 is 44.5. The van der Waals surface area contributed by atoms with Crippen LogP contribution in [-0.2, 0) is 21.2 Å². The molecule has 0 aromatic heterocycles. The molecule has 5 nitrogen and oxygen atoms in total. The summed E-state index contributed by atoms with van der Waals surface area (Å²) in [7, 11) is -3.95. The lowest BCUT2D eigenvalue weighted by Gasteiger charge is -2.19. The van der Waals surface area contributed by atoms with Crippen LogP contribution in [0.15, 0.2) is 76.5 Å². The quantitative estimate of drug-likeness (QED) is 0.495. The Labute approximate surface area is 160 Å². The summed E-state index contributed by atoms with van der Waals surface area (Å²) >= 11 is 0. The number of carbonyl (C=O) groups is 2. The van der Waals surface area contributed by atoms with Gasteiger partial charge in [-0.2, -0.15) is 0 Å². The molecule has 4 rings (SSSR count). The summed E-state index contributed by atoms with van der Waals surface area (Å²) in [6.45, 7) is -0.295. The number of esters is 1. The molecule has 0 aliphatic carbocycles. The number of halogens is 1. The lowest BCUT2D eigenvalue weighted by molar-refractivity contribution is 0.0468. The van der Waals surface area contributed by atoms with E-state index in [2.05, 4.69) is 0 Å². The topological polar surface area (TPSA) is 77.5 Å². The van der Waals surface area contributed by atoms with Gasteiger partial charge in [0.25, 0.3) is 0 Å². The molecule has 28 heavy (non-hydrogen) atoms. The normalized spacial score (nSPS) is 14.1. The molecule has 0 atom stereocenters. The third-order valence-corrected chi connectivity index (χ3v) is 6.34. The zero-order chi connectivity index (χ0) is 19.9. The average molecular weight is 396 g/mol. The van der Waals surface area contributed by atoms with Crippen molar-refractivity contribution in [3.8, 4) is 0 Å². The Morgan fingerprint density at radius 1 is 0.893 bits per heavy atom. The third-order valence-electron chi connectivity index (χ3n) is 4.49. The molecule has 0 fully saturated rings. The number of hydrogen-bond donors (Lipinski definition) is 0. The van der Waals surface area contributed by atoms with E-state index in [1.807, 2.05) is 0 Å². The summed E-state index contributed by atoms with van der Waals surface area (Å²) in [6, 6.07) is 15.5. The van der Waals surface area contributed by atoms with Gasteiger partial charge in [-0.15, -0.1) is 0 Å². The van der Waals surface area contributed by atoms with Crippen LogP contribution in [0.1, 0.15) is 31.8 Å². The lowest BCUT2D eigenvalue weighted by Crippen LogP contribution is -2.21. The van der Waals surface area contributed by atoms with Gasteiger partial charge < -0.3 is 4.74 Å². The third kappa shape index (κ3) is 2.90. The maximum absolute atomic E-state index is 13.6. The molecule has 0 unspecified atom stereocenters. The van der Waals surface area contributed by atoms with Gasteiger partial charge in [-0.3, -0.25) is 4.79 Å². The molecular weight excluding hydrogens is 383 g/mol. The monoisotopic (exact) mass is 396 g/mol. The molecule has 7 heteroatoms. The summed E-state index contributed by atoms with van der Waals surface area (Å²) in [6.07, 6.45) is 0. The van der Waals surface area contributed by atoms with Gasteiger partial charge >= 0.3 is 5.97 Å². The first kappa shape index (κ1) is 18.1. The SMILES string of the molecule is O=C(OCc1ccccc1F)c1ccc2c(c1)S(=O)(=O)c1ccccc1C2=O. The van der Waals surface area contributed by atoms with Gasteiger partial charge in [0.15, 0.2) is 5.78 Å². The van der Waals surface area contributed by atoms with Crippen LogP contribution in [0.5, 0.6) is 0 Å². The van der Waals surface area contributed by atoms with E-state index in [1.165, 1.54) is 48.5 Å². The second-order valence-corrected chi connectivity index (χ2v) is 8.09. The molecule has 1 aliphatic heterocycles. The number of sulfone groups is 1. The van der Waals surface area contributed by atoms with Crippen LogP contribution in [0.2, 0.25) is 0 Å². The van der Waals surface area contributed by atoms with E-state index in [0.29, 0.717) is 0 Å². The minimum absolute atomic E-state index is 0.00403. The Bertz CT molecular complexity index is 1230. The van der Waals surface area contributed by atoms with Crippen molar-refractivity contribution in [2.75, 3.05) is 0 Å². The van der Waals surface area contributed by atoms with Crippen LogP contribution in [0.3, 0.4) is 0 Å². The number of benzene rings is 3. The van der Waals surface area contributed by atoms with Crippen LogP contribution < -0.4 is 0 Å². The Hall–Kier alpha value is -3.32. The van der Waals surface area contributed by atoms with Gasteiger partial charge in [-0.1, -0.05) is 30.3 Å². The van der Waals surface area contributed by atoms with Crippen molar-refractivity contribution < 1.29 is 27.1 Å². The number of ether oxygens (including phenoxy) is 1. The highest BCUT2D eigenvalue weighted by molar-refractivity contribution is 7.91. The van der Waals surface area contributed by atoms with E-state index in [9.17, 15) is 22.4 Å². The Morgan fingerprint density at radius 3 is 2.36 bits per heavy atom. The van der Waals surface area contributed by atoms with Crippen molar-refractivity contribution in [3.05, 3.63) is 94.8 Å². The zero-order valence-corrected chi connectivity index (χ0v) is 15.2. The number of fused-ring (bicyclic) bond motifs is 2. The number of carbonyl (C=O) groups excluding carboxylic acids is 2. The van der Waals surface area contributed by atoms with Gasteiger partial charge in [0.2, 0.25) is 9.84 Å². The summed E-state index contributed by atoms with van der Waals surface area (Å²) in [4.78, 5) is 24.6. The predicted octanol–water partition coefficient (Wildman–Crippen LogP) is 3.56. The standard InChI is InChI=1S/C21H13FO5S/c22-17-7-3-1-5-14(17)12-27-21(24)13-9-10-16-19(11-13)28(25,26)18-8-4-2-6-15(18)20(16)23/h1-11H,12H2. The van der Waals surface area contributed by atoms with E-state index in [-0.39, 0.29) is 38.7 Å². The second kappa shape index (κ2) is 6.69. The summed E-state index contributed by atoms with van der Waals surface area (Å²) in [5.74, 6) is -1.75. The fourth-order valence-electron chi connectivity index (χ4n) is 3.05. The summed E-state index contributed by atoms with van der Waals surface area (Å²) in [5.41, 5.74) is 0.269. The molecule has 0 saturated heterocycles. The van der Waals surface area contributed by atoms with Crippen molar-refractivity contribution in [1.29, 1.82) is 0 Å². The Morgan fingerprint density at radius 2 is 1.57 bits per heavy atom. The van der Waals surface area contributed by atoms with Gasteiger partial charge in [0, 0.05) is 16.7 Å². The fraction of sp³-hybridized carbons (Fsp3) is 0.0476. The molecule has 0 saturated carbocycles. The van der Waals surface area contributed by atoms with E-state index in [4.69, 9.17) is 4.74 Å². The maximum atomic E-state index is 13.6. The molecule has 1 aliphatic rings.